The second kappa shape index (κ2) is 7.00. The maximum atomic E-state index is 12.9. The van der Waals surface area contributed by atoms with E-state index < -0.39 is 0 Å². The molecule has 7 heteroatoms. The van der Waals surface area contributed by atoms with Gasteiger partial charge in [-0.3, -0.25) is 14.3 Å². The normalized spacial score (nSPS) is 19.2. The number of morpholine rings is 1. The molecule has 1 saturated heterocycles. The standard InChI is InChI=1S/C17H21N3O4/c1-12(13-9-18-19(2)10-13)17(22)20-5-7-23-11-14(20)8-15(21)16-4-3-6-24-16/h3-4,6,9-10,12,14H,5,7-8,11H2,1-2H3/t12-,14+/m1/s1. The van der Waals surface area contributed by atoms with Crippen LogP contribution in [-0.4, -0.2) is 52.2 Å². The molecule has 1 fully saturated rings. The Labute approximate surface area is 140 Å². The van der Waals surface area contributed by atoms with E-state index in [1.807, 2.05) is 20.2 Å². The molecule has 1 aliphatic rings. The smallest absolute Gasteiger partial charge is 0.230 e. The van der Waals surface area contributed by atoms with E-state index in [4.69, 9.17) is 9.15 Å². The molecule has 0 spiro atoms. The number of ether oxygens (including phenoxy) is 1. The molecule has 3 heterocycles. The Hall–Kier alpha value is -2.41. The van der Waals surface area contributed by atoms with Gasteiger partial charge in [0.15, 0.2) is 11.5 Å². The van der Waals surface area contributed by atoms with E-state index in [-0.39, 0.29) is 30.1 Å². The fourth-order valence-electron chi connectivity index (χ4n) is 2.92. The van der Waals surface area contributed by atoms with Crippen molar-refractivity contribution in [3.05, 3.63) is 42.1 Å². The molecule has 0 bridgehead atoms. The first-order chi connectivity index (χ1) is 11.6. The van der Waals surface area contributed by atoms with Crippen LogP contribution in [0.25, 0.3) is 0 Å². The molecule has 2 aromatic heterocycles. The van der Waals surface area contributed by atoms with Crippen molar-refractivity contribution < 1.29 is 18.7 Å². The van der Waals surface area contributed by atoms with Crippen LogP contribution in [0.15, 0.2) is 35.2 Å². The summed E-state index contributed by atoms with van der Waals surface area (Å²) in [6.45, 7) is 3.19. The van der Waals surface area contributed by atoms with Crippen LogP contribution in [0.3, 0.4) is 0 Å². The van der Waals surface area contributed by atoms with Crippen LogP contribution in [0.1, 0.15) is 35.4 Å². The zero-order valence-electron chi connectivity index (χ0n) is 13.8. The summed E-state index contributed by atoms with van der Waals surface area (Å²) in [4.78, 5) is 26.9. The summed E-state index contributed by atoms with van der Waals surface area (Å²) in [5.74, 6) is -0.128. The summed E-state index contributed by atoms with van der Waals surface area (Å²) >= 11 is 0. The molecular formula is C17H21N3O4. The van der Waals surface area contributed by atoms with Crippen LogP contribution in [0.4, 0.5) is 0 Å². The van der Waals surface area contributed by atoms with Gasteiger partial charge in [-0.15, -0.1) is 0 Å². The number of nitrogens with zero attached hydrogens (tertiary/aromatic N) is 3. The number of hydrogen-bond acceptors (Lipinski definition) is 5. The van der Waals surface area contributed by atoms with E-state index in [1.54, 1.807) is 27.9 Å². The Kier molecular flexibility index (Phi) is 4.80. The predicted molar refractivity (Wildman–Crippen MR) is 85.6 cm³/mol. The third kappa shape index (κ3) is 3.41. The molecular weight excluding hydrogens is 310 g/mol. The molecule has 0 saturated carbocycles. The van der Waals surface area contributed by atoms with Gasteiger partial charge in [0.05, 0.1) is 37.6 Å². The third-order valence-corrected chi connectivity index (χ3v) is 4.32. The molecule has 0 unspecified atom stereocenters. The Morgan fingerprint density at radius 2 is 2.29 bits per heavy atom. The van der Waals surface area contributed by atoms with Crippen molar-refractivity contribution in [2.75, 3.05) is 19.8 Å². The van der Waals surface area contributed by atoms with Crippen molar-refractivity contribution >= 4 is 11.7 Å². The minimum absolute atomic E-state index is 0.0106. The second-order valence-electron chi connectivity index (χ2n) is 6.03. The lowest BCUT2D eigenvalue weighted by Gasteiger charge is -2.36. The zero-order chi connectivity index (χ0) is 17.1. The summed E-state index contributed by atoms with van der Waals surface area (Å²) in [6.07, 6.45) is 5.20. The van der Waals surface area contributed by atoms with Gasteiger partial charge in [0, 0.05) is 31.8 Å². The molecule has 1 amide bonds. The fraction of sp³-hybridized carbons (Fsp3) is 0.471. The van der Waals surface area contributed by atoms with Crippen molar-refractivity contribution in [1.29, 1.82) is 0 Å². The Bertz CT molecular complexity index is 707. The van der Waals surface area contributed by atoms with Gasteiger partial charge in [0.2, 0.25) is 5.91 Å². The molecule has 3 rings (SSSR count). The van der Waals surface area contributed by atoms with Gasteiger partial charge < -0.3 is 14.1 Å². The predicted octanol–water partition coefficient (Wildman–Crippen LogP) is 1.62. The molecule has 0 N–H and O–H groups in total. The van der Waals surface area contributed by atoms with Crippen LogP contribution in [-0.2, 0) is 16.6 Å². The summed E-state index contributed by atoms with van der Waals surface area (Å²) < 4.78 is 12.3. The molecule has 24 heavy (non-hydrogen) atoms. The van der Waals surface area contributed by atoms with Gasteiger partial charge in [-0.05, 0) is 19.1 Å². The highest BCUT2D eigenvalue weighted by molar-refractivity contribution is 5.94. The quantitative estimate of drug-likeness (QED) is 0.778. The monoisotopic (exact) mass is 331 g/mol. The van der Waals surface area contributed by atoms with Crippen molar-refractivity contribution in [3.8, 4) is 0 Å². The highest BCUT2D eigenvalue weighted by atomic mass is 16.5. The van der Waals surface area contributed by atoms with Crippen LogP contribution >= 0.6 is 0 Å². The highest BCUT2D eigenvalue weighted by Crippen LogP contribution is 2.22. The van der Waals surface area contributed by atoms with Crippen LogP contribution < -0.4 is 0 Å². The van der Waals surface area contributed by atoms with Crippen molar-refractivity contribution in [2.24, 2.45) is 7.05 Å². The number of carbonyl (C=O) groups is 2. The minimum Gasteiger partial charge on any atom is -0.461 e. The van der Waals surface area contributed by atoms with Crippen molar-refractivity contribution in [2.45, 2.75) is 25.3 Å². The Balaban J connectivity index is 1.71. The maximum absolute atomic E-state index is 12.9. The summed E-state index contributed by atoms with van der Waals surface area (Å²) in [5, 5.41) is 4.12. The first-order valence-electron chi connectivity index (χ1n) is 7.99. The largest absolute Gasteiger partial charge is 0.461 e. The van der Waals surface area contributed by atoms with E-state index in [9.17, 15) is 9.59 Å². The first-order valence-corrected chi connectivity index (χ1v) is 7.99. The number of aromatic nitrogens is 2. The van der Waals surface area contributed by atoms with E-state index in [0.717, 1.165) is 5.56 Å². The van der Waals surface area contributed by atoms with Gasteiger partial charge in [-0.1, -0.05) is 0 Å². The number of aryl methyl sites for hydroxylation is 1. The van der Waals surface area contributed by atoms with Crippen LogP contribution in [0.2, 0.25) is 0 Å². The first kappa shape index (κ1) is 16.4. The zero-order valence-corrected chi connectivity index (χ0v) is 13.8. The van der Waals surface area contributed by atoms with Crippen LogP contribution in [0.5, 0.6) is 0 Å². The molecule has 2 atom stereocenters. The van der Waals surface area contributed by atoms with Crippen molar-refractivity contribution in [1.82, 2.24) is 14.7 Å². The Morgan fingerprint density at radius 3 is 2.96 bits per heavy atom. The number of hydrogen-bond donors (Lipinski definition) is 0. The molecule has 1 aliphatic heterocycles. The van der Waals surface area contributed by atoms with E-state index >= 15 is 0 Å². The average molecular weight is 331 g/mol. The average Bonchev–Trinajstić information content (AvgIpc) is 3.25. The number of amides is 1. The third-order valence-electron chi connectivity index (χ3n) is 4.32. The van der Waals surface area contributed by atoms with Crippen molar-refractivity contribution in [3.63, 3.8) is 0 Å². The lowest BCUT2D eigenvalue weighted by Crippen LogP contribution is -2.50. The number of rotatable bonds is 5. The maximum Gasteiger partial charge on any atom is 0.230 e. The molecule has 0 aliphatic carbocycles. The van der Waals surface area contributed by atoms with E-state index in [0.29, 0.717) is 25.5 Å². The van der Waals surface area contributed by atoms with Gasteiger partial charge in [0.1, 0.15) is 0 Å². The van der Waals surface area contributed by atoms with Gasteiger partial charge in [-0.25, -0.2) is 0 Å². The lowest BCUT2D eigenvalue weighted by atomic mass is 10.00. The second-order valence-corrected chi connectivity index (χ2v) is 6.03. The van der Waals surface area contributed by atoms with Gasteiger partial charge in [-0.2, -0.15) is 5.10 Å². The fourth-order valence-corrected chi connectivity index (χ4v) is 2.92. The summed E-state index contributed by atoms with van der Waals surface area (Å²) in [7, 11) is 1.82. The van der Waals surface area contributed by atoms with E-state index in [1.165, 1.54) is 6.26 Å². The highest BCUT2D eigenvalue weighted by Gasteiger charge is 2.33. The molecule has 0 radical (unpaired) electrons. The number of ketones is 1. The molecule has 2 aromatic rings. The van der Waals surface area contributed by atoms with E-state index in [2.05, 4.69) is 5.10 Å². The van der Waals surface area contributed by atoms with Crippen LogP contribution in [0, 0.1) is 0 Å². The summed E-state index contributed by atoms with van der Waals surface area (Å²) in [5.41, 5.74) is 0.866. The topological polar surface area (TPSA) is 77.6 Å². The number of carbonyl (C=O) groups excluding carboxylic acids is 2. The van der Waals surface area contributed by atoms with Gasteiger partial charge >= 0.3 is 0 Å². The molecule has 128 valence electrons. The SMILES string of the molecule is C[C@@H](C(=O)N1CCOC[C@@H]1CC(=O)c1ccco1)c1cnn(C)c1. The van der Waals surface area contributed by atoms with Gasteiger partial charge in [0.25, 0.3) is 0 Å². The number of furan rings is 1. The molecule has 7 nitrogen and oxygen atoms in total. The minimum atomic E-state index is -0.307. The Morgan fingerprint density at radius 1 is 1.46 bits per heavy atom. The number of Topliss-reactive ketones (excluding diaryl/α,β-unsaturated/α-hetero) is 1. The lowest BCUT2D eigenvalue weighted by molar-refractivity contribution is -0.141. The molecule has 0 aromatic carbocycles. The summed E-state index contributed by atoms with van der Waals surface area (Å²) in [6, 6.07) is 3.04.